The molecule has 0 unspecified atom stereocenters. The van der Waals surface area contributed by atoms with E-state index in [-0.39, 0.29) is 5.91 Å². The molecule has 1 aromatic rings. The lowest BCUT2D eigenvalue weighted by molar-refractivity contribution is -0.120. The Morgan fingerprint density at radius 3 is 2.90 bits per heavy atom. The summed E-state index contributed by atoms with van der Waals surface area (Å²) in [6.45, 7) is 8.44. The van der Waals surface area contributed by atoms with Crippen molar-refractivity contribution < 1.29 is 14.3 Å². The SMILES string of the molecule is CCNC(=NCCCOCC1CCOCC1)N1CCN(c2cnn(C)c2)C(=O)C1. The van der Waals surface area contributed by atoms with Gasteiger partial charge in [-0.1, -0.05) is 0 Å². The third-order valence-electron chi connectivity index (χ3n) is 5.26. The van der Waals surface area contributed by atoms with Crippen molar-refractivity contribution >= 4 is 17.6 Å². The number of carbonyl (C=O) groups is 1. The van der Waals surface area contributed by atoms with Crippen LogP contribution < -0.4 is 10.2 Å². The van der Waals surface area contributed by atoms with Crippen LogP contribution in [0.2, 0.25) is 0 Å². The largest absolute Gasteiger partial charge is 0.381 e. The quantitative estimate of drug-likeness (QED) is 0.392. The molecule has 1 N–H and O–H groups in total. The summed E-state index contributed by atoms with van der Waals surface area (Å²) in [6, 6.07) is 0. The van der Waals surface area contributed by atoms with Crippen LogP contribution in [0.3, 0.4) is 0 Å². The first-order valence-corrected chi connectivity index (χ1v) is 10.6. The number of aromatic nitrogens is 2. The third-order valence-corrected chi connectivity index (χ3v) is 5.26. The zero-order valence-corrected chi connectivity index (χ0v) is 17.7. The molecule has 0 spiro atoms. The highest BCUT2D eigenvalue weighted by atomic mass is 16.5. The van der Waals surface area contributed by atoms with Gasteiger partial charge in [-0.05, 0) is 32.1 Å². The first-order valence-electron chi connectivity index (χ1n) is 10.6. The number of anilines is 1. The number of nitrogens with zero attached hydrogens (tertiary/aromatic N) is 5. The van der Waals surface area contributed by atoms with Gasteiger partial charge < -0.3 is 24.6 Å². The van der Waals surface area contributed by atoms with E-state index < -0.39 is 0 Å². The van der Waals surface area contributed by atoms with Crippen LogP contribution in [-0.2, 0) is 21.3 Å². The van der Waals surface area contributed by atoms with Crippen molar-refractivity contribution in [3.8, 4) is 0 Å². The van der Waals surface area contributed by atoms with Crippen molar-refractivity contribution in [2.45, 2.75) is 26.2 Å². The van der Waals surface area contributed by atoms with E-state index in [0.29, 0.717) is 32.2 Å². The van der Waals surface area contributed by atoms with Crippen molar-refractivity contribution in [1.82, 2.24) is 20.0 Å². The van der Waals surface area contributed by atoms with Gasteiger partial charge >= 0.3 is 0 Å². The number of piperazine rings is 1. The van der Waals surface area contributed by atoms with E-state index >= 15 is 0 Å². The molecule has 0 atom stereocenters. The molecule has 0 aromatic carbocycles. The molecule has 3 rings (SSSR count). The fourth-order valence-electron chi connectivity index (χ4n) is 3.62. The minimum absolute atomic E-state index is 0.0645. The van der Waals surface area contributed by atoms with E-state index in [2.05, 4.69) is 10.4 Å². The van der Waals surface area contributed by atoms with Crippen LogP contribution in [0.4, 0.5) is 5.69 Å². The summed E-state index contributed by atoms with van der Waals surface area (Å²) in [5.41, 5.74) is 0.848. The summed E-state index contributed by atoms with van der Waals surface area (Å²) in [6.07, 6.45) is 6.67. The second-order valence-corrected chi connectivity index (χ2v) is 7.56. The summed E-state index contributed by atoms with van der Waals surface area (Å²) in [7, 11) is 1.85. The molecule has 29 heavy (non-hydrogen) atoms. The van der Waals surface area contributed by atoms with Crippen LogP contribution in [0, 0.1) is 5.92 Å². The molecule has 2 fully saturated rings. The molecular formula is C20H34N6O3. The summed E-state index contributed by atoms with van der Waals surface area (Å²) in [4.78, 5) is 21.1. The molecule has 162 valence electrons. The number of rotatable bonds is 8. The fraction of sp³-hybridized carbons (Fsp3) is 0.750. The van der Waals surface area contributed by atoms with Gasteiger partial charge in [-0.25, -0.2) is 0 Å². The second kappa shape index (κ2) is 11.2. The van der Waals surface area contributed by atoms with Crippen LogP contribution >= 0.6 is 0 Å². The highest BCUT2D eigenvalue weighted by Crippen LogP contribution is 2.16. The molecule has 0 radical (unpaired) electrons. The normalized spacial score (nSPS) is 19.1. The summed E-state index contributed by atoms with van der Waals surface area (Å²) in [5, 5.41) is 7.47. The highest BCUT2D eigenvalue weighted by Gasteiger charge is 2.27. The minimum Gasteiger partial charge on any atom is -0.381 e. The molecule has 9 heteroatoms. The molecule has 2 aliphatic heterocycles. The average molecular weight is 407 g/mol. The lowest BCUT2D eigenvalue weighted by atomic mass is 10.0. The van der Waals surface area contributed by atoms with E-state index in [4.69, 9.17) is 14.5 Å². The molecule has 2 aliphatic rings. The summed E-state index contributed by atoms with van der Waals surface area (Å²) in [5.74, 6) is 1.50. The van der Waals surface area contributed by atoms with Crippen LogP contribution in [0.15, 0.2) is 17.4 Å². The molecule has 0 aliphatic carbocycles. The Hall–Kier alpha value is -2.13. The average Bonchev–Trinajstić information content (AvgIpc) is 3.16. The Balaban J connectivity index is 1.42. The van der Waals surface area contributed by atoms with Gasteiger partial charge in [-0.3, -0.25) is 14.5 Å². The first-order chi connectivity index (χ1) is 14.2. The van der Waals surface area contributed by atoms with Crippen molar-refractivity contribution in [1.29, 1.82) is 0 Å². The molecular weight excluding hydrogens is 372 g/mol. The topological polar surface area (TPSA) is 84.2 Å². The van der Waals surface area contributed by atoms with Crippen LogP contribution in [0.25, 0.3) is 0 Å². The molecule has 1 aromatic heterocycles. The Bertz CT molecular complexity index is 671. The van der Waals surface area contributed by atoms with Gasteiger partial charge in [-0.15, -0.1) is 0 Å². The molecule has 0 saturated carbocycles. The van der Waals surface area contributed by atoms with Gasteiger partial charge in [0.2, 0.25) is 5.91 Å². The first kappa shape index (κ1) is 21.6. The lowest BCUT2D eigenvalue weighted by Crippen LogP contribution is -2.55. The van der Waals surface area contributed by atoms with E-state index in [1.165, 1.54) is 0 Å². The molecule has 1 amide bonds. The third kappa shape index (κ3) is 6.43. The van der Waals surface area contributed by atoms with Crippen molar-refractivity contribution in [2.24, 2.45) is 18.0 Å². The number of amides is 1. The Kier molecular flexibility index (Phi) is 8.30. The predicted molar refractivity (Wildman–Crippen MR) is 112 cm³/mol. The highest BCUT2D eigenvalue weighted by molar-refractivity contribution is 5.98. The van der Waals surface area contributed by atoms with Crippen LogP contribution in [0.5, 0.6) is 0 Å². The Morgan fingerprint density at radius 2 is 2.21 bits per heavy atom. The van der Waals surface area contributed by atoms with Gasteiger partial charge in [-0.2, -0.15) is 5.10 Å². The molecule has 2 saturated heterocycles. The van der Waals surface area contributed by atoms with Crippen molar-refractivity contribution in [3.63, 3.8) is 0 Å². The van der Waals surface area contributed by atoms with Gasteiger partial charge in [0.05, 0.1) is 11.9 Å². The number of aliphatic imine (C=N–C) groups is 1. The molecule has 9 nitrogen and oxygen atoms in total. The minimum atomic E-state index is 0.0645. The Labute approximate surface area is 173 Å². The maximum atomic E-state index is 12.6. The standard InChI is InChI=1S/C20H34N6O3/c1-3-21-20(22-7-4-10-29-16-17-5-11-28-12-6-17)25-8-9-26(19(27)15-25)18-13-23-24(2)14-18/h13-14,17H,3-12,15-16H2,1-2H3,(H,21,22). The maximum absolute atomic E-state index is 12.6. The smallest absolute Gasteiger partial charge is 0.246 e. The predicted octanol–water partition coefficient (Wildman–Crippen LogP) is 0.868. The van der Waals surface area contributed by atoms with Crippen LogP contribution in [-0.4, -0.2) is 85.7 Å². The van der Waals surface area contributed by atoms with Gasteiger partial charge in [0.15, 0.2) is 5.96 Å². The van der Waals surface area contributed by atoms with E-state index in [0.717, 1.165) is 63.8 Å². The number of guanidine groups is 1. The second-order valence-electron chi connectivity index (χ2n) is 7.56. The number of hydrogen-bond donors (Lipinski definition) is 1. The summed E-state index contributed by atoms with van der Waals surface area (Å²) >= 11 is 0. The van der Waals surface area contributed by atoms with Crippen LogP contribution in [0.1, 0.15) is 26.2 Å². The number of carbonyl (C=O) groups excluding carboxylic acids is 1. The number of nitrogens with one attached hydrogen (secondary N) is 1. The van der Waals surface area contributed by atoms with E-state index in [1.807, 2.05) is 25.1 Å². The lowest BCUT2D eigenvalue weighted by Gasteiger charge is -2.35. The number of ether oxygens (including phenoxy) is 2. The molecule has 3 heterocycles. The fourth-order valence-corrected chi connectivity index (χ4v) is 3.62. The van der Waals surface area contributed by atoms with E-state index in [1.54, 1.807) is 15.8 Å². The monoisotopic (exact) mass is 406 g/mol. The molecule has 0 bridgehead atoms. The Morgan fingerprint density at radius 1 is 1.38 bits per heavy atom. The van der Waals surface area contributed by atoms with Gasteiger partial charge in [0.25, 0.3) is 0 Å². The zero-order valence-electron chi connectivity index (χ0n) is 17.7. The number of aryl methyl sites for hydroxylation is 1. The zero-order chi connectivity index (χ0) is 20.5. The van der Waals surface area contributed by atoms with Crippen molar-refractivity contribution in [3.05, 3.63) is 12.4 Å². The maximum Gasteiger partial charge on any atom is 0.246 e. The van der Waals surface area contributed by atoms with Crippen molar-refractivity contribution in [2.75, 3.05) is 64.1 Å². The summed E-state index contributed by atoms with van der Waals surface area (Å²) < 4.78 is 12.9. The van der Waals surface area contributed by atoms with E-state index in [9.17, 15) is 4.79 Å². The van der Waals surface area contributed by atoms with Gasteiger partial charge in [0.1, 0.15) is 6.54 Å². The van der Waals surface area contributed by atoms with Gasteiger partial charge in [0, 0.05) is 65.9 Å². The number of hydrogen-bond acceptors (Lipinski definition) is 5.